The molecule has 4 N–H and O–H groups in total. The predicted octanol–water partition coefficient (Wildman–Crippen LogP) is 1.91. The molecule has 0 aliphatic heterocycles. The van der Waals surface area contributed by atoms with Gasteiger partial charge in [0.25, 0.3) is 5.89 Å². The number of H-pyrrole nitrogens is 1. The number of nitrogens with one attached hydrogen (secondary N) is 2. The van der Waals surface area contributed by atoms with E-state index >= 15 is 0 Å². The Bertz CT molecular complexity index is 1010. The molecular weight excluding hydrogens is 308 g/mol. The van der Waals surface area contributed by atoms with Crippen molar-refractivity contribution in [3.63, 3.8) is 0 Å². The maximum Gasteiger partial charge on any atom is 0.258 e. The number of imidazole rings is 1. The van der Waals surface area contributed by atoms with E-state index in [1.54, 1.807) is 0 Å². The Hall–Kier alpha value is -3.49. The van der Waals surface area contributed by atoms with Crippen LogP contribution in [-0.2, 0) is 6.54 Å². The molecule has 0 aliphatic rings. The van der Waals surface area contributed by atoms with Crippen LogP contribution >= 0.6 is 0 Å². The van der Waals surface area contributed by atoms with Crippen molar-refractivity contribution >= 4 is 22.9 Å². The van der Waals surface area contributed by atoms with Gasteiger partial charge in [-0.3, -0.25) is 0 Å². The topological polar surface area (TPSA) is 131 Å². The molecule has 24 heavy (non-hydrogen) atoms. The number of nitrogens with zero attached hydrogens (tertiary/aromatic N) is 5. The highest BCUT2D eigenvalue weighted by molar-refractivity contribution is 5.83. The summed E-state index contributed by atoms with van der Waals surface area (Å²) >= 11 is 0. The Kier molecular flexibility index (Phi) is 3.30. The molecule has 4 rings (SSSR count). The molecule has 3 aromatic heterocycles. The average Bonchev–Trinajstić information content (AvgIpc) is 3.22. The Balaban J connectivity index is 1.56. The smallest absolute Gasteiger partial charge is 0.258 e. The van der Waals surface area contributed by atoms with Gasteiger partial charge in [-0.2, -0.15) is 15.0 Å². The molecular formula is C15H14N8O. The van der Waals surface area contributed by atoms with E-state index < -0.39 is 0 Å². The number of rotatable bonds is 4. The standard InChI is InChI=1S/C15H14N8O/c1-8-4-2-3-5-9(8)14-20-10(23-24-14)6-17-12-11-13(19-7-18-11)22-15(16)21-12/h2-5,7H,6H2,1H3,(H4,16,17,18,19,21,22). The number of benzene rings is 1. The lowest BCUT2D eigenvalue weighted by atomic mass is 10.1. The predicted molar refractivity (Wildman–Crippen MR) is 87.9 cm³/mol. The summed E-state index contributed by atoms with van der Waals surface area (Å²) in [5.74, 6) is 1.68. The summed E-state index contributed by atoms with van der Waals surface area (Å²) in [4.78, 5) is 19.7. The Morgan fingerprint density at radius 2 is 2.08 bits per heavy atom. The zero-order valence-corrected chi connectivity index (χ0v) is 12.8. The molecule has 0 radical (unpaired) electrons. The van der Waals surface area contributed by atoms with Crippen LogP contribution in [-0.4, -0.2) is 30.1 Å². The maximum atomic E-state index is 5.68. The van der Waals surface area contributed by atoms with Gasteiger partial charge < -0.3 is 20.6 Å². The Morgan fingerprint density at radius 1 is 1.21 bits per heavy atom. The molecule has 9 nitrogen and oxygen atoms in total. The first-order chi connectivity index (χ1) is 11.7. The van der Waals surface area contributed by atoms with Crippen LogP contribution in [0.2, 0.25) is 0 Å². The van der Waals surface area contributed by atoms with Gasteiger partial charge in [0, 0.05) is 5.56 Å². The molecule has 0 unspecified atom stereocenters. The van der Waals surface area contributed by atoms with Crippen molar-refractivity contribution in [1.29, 1.82) is 0 Å². The minimum absolute atomic E-state index is 0.144. The van der Waals surface area contributed by atoms with E-state index in [1.165, 1.54) is 6.33 Å². The first-order valence-electron chi connectivity index (χ1n) is 7.30. The van der Waals surface area contributed by atoms with Crippen molar-refractivity contribution in [2.24, 2.45) is 0 Å². The molecule has 0 spiro atoms. The number of fused-ring (bicyclic) bond motifs is 1. The van der Waals surface area contributed by atoms with Crippen LogP contribution in [0.3, 0.4) is 0 Å². The fourth-order valence-electron chi connectivity index (χ4n) is 2.39. The first-order valence-corrected chi connectivity index (χ1v) is 7.30. The van der Waals surface area contributed by atoms with Crippen LogP contribution in [0.25, 0.3) is 22.6 Å². The van der Waals surface area contributed by atoms with Crippen LogP contribution in [0.5, 0.6) is 0 Å². The van der Waals surface area contributed by atoms with Gasteiger partial charge >= 0.3 is 0 Å². The molecule has 120 valence electrons. The van der Waals surface area contributed by atoms with Gasteiger partial charge in [-0.1, -0.05) is 23.4 Å². The average molecular weight is 322 g/mol. The lowest BCUT2D eigenvalue weighted by Gasteiger charge is -2.04. The fraction of sp³-hybridized carbons (Fsp3) is 0.133. The van der Waals surface area contributed by atoms with Crippen LogP contribution in [0.1, 0.15) is 11.4 Å². The number of aryl methyl sites for hydroxylation is 1. The highest BCUT2D eigenvalue weighted by Crippen LogP contribution is 2.22. The lowest BCUT2D eigenvalue weighted by molar-refractivity contribution is 0.423. The molecule has 3 heterocycles. The fourth-order valence-corrected chi connectivity index (χ4v) is 2.39. The van der Waals surface area contributed by atoms with Crippen LogP contribution in [0.4, 0.5) is 11.8 Å². The highest BCUT2D eigenvalue weighted by Gasteiger charge is 2.12. The summed E-state index contributed by atoms with van der Waals surface area (Å²) in [6, 6.07) is 7.84. The normalized spacial score (nSPS) is 11.0. The molecule has 0 aliphatic carbocycles. The van der Waals surface area contributed by atoms with Crippen LogP contribution in [0, 0.1) is 6.92 Å². The summed E-state index contributed by atoms with van der Waals surface area (Å²) in [5.41, 5.74) is 8.84. The molecule has 0 fully saturated rings. The molecule has 9 heteroatoms. The summed E-state index contributed by atoms with van der Waals surface area (Å²) in [6.45, 7) is 2.33. The van der Waals surface area contributed by atoms with E-state index in [0.29, 0.717) is 35.2 Å². The van der Waals surface area contributed by atoms with E-state index in [-0.39, 0.29) is 5.95 Å². The number of nitrogens with two attached hydrogens (primary N) is 1. The van der Waals surface area contributed by atoms with Crippen molar-refractivity contribution in [1.82, 2.24) is 30.1 Å². The Labute approximate surface area is 136 Å². The van der Waals surface area contributed by atoms with Crippen molar-refractivity contribution < 1.29 is 4.52 Å². The van der Waals surface area contributed by atoms with E-state index in [9.17, 15) is 0 Å². The van der Waals surface area contributed by atoms with Gasteiger partial charge in [0.15, 0.2) is 17.3 Å². The van der Waals surface area contributed by atoms with Gasteiger partial charge in [0.1, 0.15) is 5.52 Å². The summed E-state index contributed by atoms with van der Waals surface area (Å²) in [6.07, 6.45) is 1.54. The van der Waals surface area contributed by atoms with Crippen LogP contribution in [0.15, 0.2) is 35.1 Å². The third-order valence-corrected chi connectivity index (χ3v) is 3.56. The van der Waals surface area contributed by atoms with Gasteiger partial charge in [0.05, 0.1) is 12.9 Å². The van der Waals surface area contributed by atoms with E-state index in [4.69, 9.17) is 10.3 Å². The number of aromatic nitrogens is 6. The lowest BCUT2D eigenvalue weighted by Crippen LogP contribution is -2.06. The van der Waals surface area contributed by atoms with Crippen molar-refractivity contribution in [3.05, 3.63) is 42.0 Å². The Morgan fingerprint density at radius 3 is 2.96 bits per heavy atom. The van der Waals surface area contributed by atoms with Crippen molar-refractivity contribution in [2.75, 3.05) is 11.1 Å². The molecule has 0 bridgehead atoms. The number of aromatic amines is 1. The molecule has 4 aromatic rings. The van der Waals surface area contributed by atoms with Gasteiger partial charge in [-0.05, 0) is 18.6 Å². The van der Waals surface area contributed by atoms with E-state index in [2.05, 4.69) is 35.4 Å². The summed E-state index contributed by atoms with van der Waals surface area (Å²) in [5, 5.41) is 7.11. The number of nitrogen functional groups attached to an aromatic ring is 1. The second-order valence-corrected chi connectivity index (χ2v) is 5.22. The summed E-state index contributed by atoms with van der Waals surface area (Å²) in [7, 11) is 0. The van der Waals surface area contributed by atoms with Gasteiger partial charge in [0.2, 0.25) is 5.95 Å². The molecule has 0 saturated carbocycles. The van der Waals surface area contributed by atoms with E-state index in [1.807, 2.05) is 31.2 Å². The third-order valence-electron chi connectivity index (χ3n) is 3.56. The quantitative estimate of drug-likeness (QED) is 0.519. The molecule has 0 saturated heterocycles. The highest BCUT2D eigenvalue weighted by atomic mass is 16.5. The van der Waals surface area contributed by atoms with Gasteiger partial charge in [-0.25, -0.2) is 4.98 Å². The molecule has 0 atom stereocenters. The second-order valence-electron chi connectivity index (χ2n) is 5.22. The molecule has 0 amide bonds. The first kappa shape index (κ1) is 14.1. The number of hydrogen-bond acceptors (Lipinski definition) is 8. The minimum Gasteiger partial charge on any atom is -0.368 e. The van der Waals surface area contributed by atoms with Crippen molar-refractivity contribution in [2.45, 2.75) is 13.5 Å². The van der Waals surface area contributed by atoms with Crippen molar-refractivity contribution in [3.8, 4) is 11.5 Å². The summed E-state index contributed by atoms with van der Waals surface area (Å²) < 4.78 is 5.34. The monoisotopic (exact) mass is 322 g/mol. The maximum absolute atomic E-state index is 5.68. The largest absolute Gasteiger partial charge is 0.368 e. The van der Waals surface area contributed by atoms with Gasteiger partial charge in [-0.15, -0.1) is 0 Å². The third kappa shape index (κ3) is 2.51. The number of anilines is 2. The van der Waals surface area contributed by atoms with Crippen LogP contribution < -0.4 is 11.1 Å². The second kappa shape index (κ2) is 5.61. The zero-order valence-electron chi connectivity index (χ0n) is 12.8. The molecule has 1 aromatic carbocycles. The number of hydrogen-bond donors (Lipinski definition) is 3. The zero-order chi connectivity index (χ0) is 16.5. The van der Waals surface area contributed by atoms with E-state index in [0.717, 1.165) is 11.1 Å². The SMILES string of the molecule is Cc1ccccc1-c1nc(CNc2nc(N)nc3nc[nH]c23)no1. The minimum atomic E-state index is 0.144.